The number of fused-ring (bicyclic) bond motifs is 1. The summed E-state index contributed by atoms with van der Waals surface area (Å²) in [6, 6.07) is 0. The Labute approximate surface area is 108 Å². The molecule has 0 amide bonds. The quantitative estimate of drug-likeness (QED) is 0.696. The van der Waals surface area contributed by atoms with Crippen molar-refractivity contribution in [3.05, 3.63) is 26.7 Å². The highest BCUT2D eigenvalue weighted by atomic mass is 16.5. The normalized spacial score (nSPS) is 31.1. The molecule has 4 unspecified atom stereocenters. The summed E-state index contributed by atoms with van der Waals surface area (Å²) in [7, 11) is 0. The van der Waals surface area contributed by atoms with Crippen molar-refractivity contribution in [2.75, 3.05) is 0 Å². The zero-order valence-electron chi connectivity index (χ0n) is 11.0. The van der Waals surface area contributed by atoms with Crippen LogP contribution in [-0.2, 0) is 4.74 Å². The number of hydrogen-bond acceptors (Lipinski definition) is 4. The highest BCUT2D eigenvalue weighted by Gasteiger charge is 2.39. The lowest BCUT2D eigenvalue weighted by Crippen LogP contribution is -2.21. The first-order valence-electron chi connectivity index (χ1n) is 6.35. The van der Waals surface area contributed by atoms with E-state index in [0.29, 0.717) is 22.9 Å². The SMILES string of the molecule is CC1OC(C)C(c2nc3[nH]c(=O)[nH]c(=O)c3[nH]2)C1C. The van der Waals surface area contributed by atoms with Crippen LogP contribution in [0, 0.1) is 5.92 Å². The second-order valence-corrected chi connectivity index (χ2v) is 5.19. The minimum absolute atomic E-state index is 0.0244. The molecule has 2 aromatic heterocycles. The first kappa shape index (κ1) is 12.2. The van der Waals surface area contributed by atoms with Gasteiger partial charge < -0.3 is 9.72 Å². The number of nitrogens with zero attached hydrogens (tertiary/aromatic N) is 1. The van der Waals surface area contributed by atoms with Crippen LogP contribution < -0.4 is 11.2 Å². The van der Waals surface area contributed by atoms with Crippen LogP contribution in [0.2, 0.25) is 0 Å². The van der Waals surface area contributed by atoms with Crippen molar-refractivity contribution in [1.82, 2.24) is 19.9 Å². The highest BCUT2D eigenvalue weighted by molar-refractivity contribution is 5.68. The number of ether oxygens (including phenoxy) is 1. The van der Waals surface area contributed by atoms with Gasteiger partial charge in [0.15, 0.2) is 5.65 Å². The smallest absolute Gasteiger partial charge is 0.327 e. The van der Waals surface area contributed by atoms with E-state index in [-0.39, 0.29) is 18.1 Å². The molecule has 1 aliphatic rings. The third-order valence-corrected chi connectivity index (χ3v) is 3.97. The first-order valence-corrected chi connectivity index (χ1v) is 6.35. The third kappa shape index (κ3) is 1.81. The van der Waals surface area contributed by atoms with Gasteiger partial charge in [-0.1, -0.05) is 6.92 Å². The summed E-state index contributed by atoms with van der Waals surface area (Å²) in [5, 5.41) is 0. The largest absolute Gasteiger partial charge is 0.374 e. The number of aromatic nitrogens is 4. The van der Waals surface area contributed by atoms with Crippen LogP contribution in [0.25, 0.3) is 11.2 Å². The second-order valence-electron chi connectivity index (χ2n) is 5.19. The molecule has 3 heterocycles. The lowest BCUT2D eigenvalue weighted by Gasteiger charge is -2.15. The van der Waals surface area contributed by atoms with Crippen LogP contribution in [0.1, 0.15) is 32.5 Å². The van der Waals surface area contributed by atoms with Gasteiger partial charge in [-0.25, -0.2) is 9.78 Å². The number of imidazole rings is 1. The highest BCUT2D eigenvalue weighted by Crippen LogP contribution is 2.38. The van der Waals surface area contributed by atoms with Crippen molar-refractivity contribution in [2.45, 2.75) is 38.9 Å². The topological polar surface area (TPSA) is 104 Å². The van der Waals surface area contributed by atoms with E-state index >= 15 is 0 Å². The molecule has 3 rings (SSSR count). The molecule has 2 aromatic rings. The molecule has 0 bridgehead atoms. The standard InChI is InChI=1S/C12H16N4O3/c1-4-5(2)19-6(3)7(4)9-13-8-10(14-9)15-12(18)16-11(8)17/h4-7H,1-3H3,(H3,13,14,15,16,17,18). The Morgan fingerprint density at radius 1 is 1.05 bits per heavy atom. The summed E-state index contributed by atoms with van der Waals surface area (Å²) in [5.74, 6) is 1.07. The van der Waals surface area contributed by atoms with E-state index in [4.69, 9.17) is 4.74 Å². The molecule has 102 valence electrons. The Bertz CT molecular complexity index is 728. The van der Waals surface area contributed by atoms with Gasteiger partial charge in [0.05, 0.1) is 12.2 Å². The number of nitrogens with one attached hydrogen (secondary N) is 3. The van der Waals surface area contributed by atoms with Crippen molar-refractivity contribution in [3.63, 3.8) is 0 Å². The fourth-order valence-electron chi connectivity index (χ4n) is 2.85. The van der Waals surface area contributed by atoms with Crippen LogP contribution in [-0.4, -0.2) is 32.1 Å². The molecule has 3 N–H and O–H groups in total. The van der Waals surface area contributed by atoms with E-state index in [2.05, 4.69) is 26.9 Å². The molecule has 0 radical (unpaired) electrons. The molecule has 7 heteroatoms. The number of hydrogen-bond donors (Lipinski definition) is 3. The maximum Gasteiger partial charge on any atom is 0.327 e. The first-order chi connectivity index (χ1) is 8.97. The molecule has 7 nitrogen and oxygen atoms in total. The van der Waals surface area contributed by atoms with Crippen molar-refractivity contribution in [3.8, 4) is 0 Å². The van der Waals surface area contributed by atoms with Crippen molar-refractivity contribution in [2.24, 2.45) is 5.92 Å². The predicted octanol–water partition coefficient (Wildman–Crippen LogP) is 0.466. The Kier molecular flexibility index (Phi) is 2.60. The average Bonchev–Trinajstić information content (AvgIpc) is 2.81. The predicted molar refractivity (Wildman–Crippen MR) is 69.2 cm³/mol. The average molecular weight is 264 g/mol. The Hall–Kier alpha value is -1.89. The summed E-state index contributed by atoms with van der Waals surface area (Å²) in [6.07, 6.45) is 0.168. The fourth-order valence-corrected chi connectivity index (χ4v) is 2.85. The van der Waals surface area contributed by atoms with Gasteiger partial charge in [0, 0.05) is 5.92 Å². The van der Waals surface area contributed by atoms with Gasteiger partial charge >= 0.3 is 5.69 Å². The maximum atomic E-state index is 11.7. The van der Waals surface area contributed by atoms with Crippen LogP contribution in [0.5, 0.6) is 0 Å². The molecule has 0 spiro atoms. The lowest BCUT2D eigenvalue weighted by molar-refractivity contribution is 0.0554. The number of aromatic amines is 3. The van der Waals surface area contributed by atoms with Crippen molar-refractivity contribution in [1.29, 1.82) is 0 Å². The number of H-pyrrole nitrogens is 3. The van der Waals surface area contributed by atoms with Gasteiger partial charge in [0.2, 0.25) is 0 Å². The van der Waals surface area contributed by atoms with Crippen molar-refractivity contribution < 1.29 is 4.74 Å². The molecule has 4 atom stereocenters. The van der Waals surface area contributed by atoms with Gasteiger partial charge in [0.25, 0.3) is 5.56 Å². The Balaban J connectivity index is 2.14. The van der Waals surface area contributed by atoms with E-state index in [9.17, 15) is 9.59 Å². The third-order valence-electron chi connectivity index (χ3n) is 3.97. The second kappa shape index (κ2) is 4.06. The summed E-state index contributed by atoms with van der Waals surface area (Å²) in [6.45, 7) is 6.11. The summed E-state index contributed by atoms with van der Waals surface area (Å²) in [5.41, 5.74) is -0.409. The summed E-state index contributed by atoms with van der Waals surface area (Å²) >= 11 is 0. The van der Waals surface area contributed by atoms with E-state index in [1.807, 2.05) is 13.8 Å². The van der Waals surface area contributed by atoms with Gasteiger partial charge in [-0.2, -0.15) is 0 Å². The van der Waals surface area contributed by atoms with Crippen LogP contribution in [0.15, 0.2) is 9.59 Å². The van der Waals surface area contributed by atoms with Gasteiger partial charge in [0.1, 0.15) is 11.3 Å². The Morgan fingerprint density at radius 2 is 1.79 bits per heavy atom. The minimum atomic E-state index is -0.548. The van der Waals surface area contributed by atoms with Crippen LogP contribution >= 0.6 is 0 Å². The maximum absolute atomic E-state index is 11.7. The summed E-state index contributed by atoms with van der Waals surface area (Å²) < 4.78 is 5.77. The lowest BCUT2D eigenvalue weighted by atomic mass is 9.89. The van der Waals surface area contributed by atoms with E-state index in [1.165, 1.54) is 0 Å². The fraction of sp³-hybridized carbons (Fsp3) is 0.583. The molecule has 19 heavy (non-hydrogen) atoms. The molecule has 1 saturated heterocycles. The number of rotatable bonds is 1. The molecule has 0 saturated carbocycles. The van der Waals surface area contributed by atoms with E-state index in [0.717, 1.165) is 0 Å². The van der Waals surface area contributed by atoms with Crippen LogP contribution in [0.3, 0.4) is 0 Å². The van der Waals surface area contributed by atoms with Crippen LogP contribution in [0.4, 0.5) is 0 Å². The molecule has 0 aliphatic carbocycles. The minimum Gasteiger partial charge on any atom is -0.374 e. The van der Waals surface area contributed by atoms with E-state index < -0.39 is 11.2 Å². The molecule has 0 aromatic carbocycles. The van der Waals surface area contributed by atoms with Crippen molar-refractivity contribution >= 4 is 11.2 Å². The van der Waals surface area contributed by atoms with Gasteiger partial charge in [-0.3, -0.25) is 14.8 Å². The molecule has 1 fully saturated rings. The zero-order valence-corrected chi connectivity index (χ0v) is 11.0. The van der Waals surface area contributed by atoms with Gasteiger partial charge in [-0.05, 0) is 19.8 Å². The zero-order chi connectivity index (χ0) is 13.7. The molecular weight excluding hydrogens is 248 g/mol. The van der Waals surface area contributed by atoms with Gasteiger partial charge in [-0.15, -0.1) is 0 Å². The molecule has 1 aliphatic heterocycles. The van der Waals surface area contributed by atoms with E-state index in [1.54, 1.807) is 0 Å². The monoisotopic (exact) mass is 264 g/mol. The summed E-state index contributed by atoms with van der Waals surface area (Å²) in [4.78, 5) is 35.0. The molecular formula is C12H16N4O3. The Morgan fingerprint density at radius 3 is 2.42 bits per heavy atom.